The molecule has 0 aromatic heterocycles. The average molecular weight is 305 g/mol. The van der Waals surface area contributed by atoms with E-state index in [4.69, 9.17) is 0 Å². The topological polar surface area (TPSA) is 20.3 Å². The number of hydrogen-bond acceptors (Lipinski definition) is 1. The van der Waals surface area contributed by atoms with E-state index in [0.29, 0.717) is 29.8 Å². The Morgan fingerprint density at radius 1 is 1.14 bits per heavy atom. The minimum Gasteiger partial charge on any atom is -0.337 e. The molecule has 0 N–H and O–H groups in total. The Morgan fingerprint density at radius 3 is 2.45 bits per heavy atom. The van der Waals surface area contributed by atoms with Crippen LogP contribution in [0.1, 0.15) is 79.1 Å². The molecule has 22 heavy (non-hydrogen) atoms. The molecular formula is C19H36BNO. The first kappa shape index (κ1) is 17.9. The maximum atomic E-state index is 12.8. The largest absolute Gasteiger partial charge is 0.337 e. The molecule has 1 aliphatic carbocycles. The number of fused-ring (bicyclic) bond motifs is 1. The normalized spacial score (nSPS) is 34.3. The van der Waals surface area contributed by atoms with Gasteiger partial charge in [0.25, 0.3) is 0 Å². The van der Waals surface area contributed by atoms with Gasteiger partial charge in [0.15, 0.2) is 0 Å². The summed E-state index contributed by atoms with van der Waals surface area (Å²) in [6.07, 6.45) is 10.0. The van der Waals surface area contributed by atoms with Crippen LogP contribution in [0.4, 0.5) is 0 Å². The number of nitrogens with zero attached hydrogens (tertiary/aromatic N) is 1. The summed E-state index contributed by atoms with van der Waals surface area (Å²) in [5, 5.41) is 0. The summed E-state index contributed by atoms with van der Waals surface area (Å²) in [6.45, 7) is 9.03. The molecule has 1 aliphatic heterocycles. The molecule has 0 aromatic rings. The molecule has 4 unspecified atom stereocenters. The fourth-order valence-electron chi connectivity index (χ4n) is 5.03. The van der Waals surface area contributed by atoms with Gasteiger partial charge in [0.05, 0.1) is 0 Å². The van der Waals surface area contributed by atoms with E-state index in [0.717, 1.165) is 18.2 Å². The van der Waals surface area contributed by atoms with Crippen molar-refractivity contribution in [3.63, 3.8) is 0 Å². The van der Waals surface area contributed by atoms with Crippen LogP contribution in [0.3, 0.4) is 0 Å². The van der Waals surface area contributed by atoms with Gasteiger partial charge in [-0.25, -0.2) is 0 Å². The summed E-state index contributed by atoms with van der Waals surface area (Å²) >= 11 is 0. The fourth-order valence-corrected chi connectivity index (χ4v) is 5.03. The summed E-state index contributed by atoms with van der Waals surface area (Å²) in [4.78, 5) is 15.0. The highest BCUT2D eigenvalue weighted by molar-refractivity contribution is 6.11. The van der Waals surface area contributed by atoms with Crippen LogP contribution in [0.15, 0.2) is 0 Å². The SMILES string of the molecule is BC1CCCCCC2C(C1)C(CC(C)C)CC(=O)N2C(C)C. The molecule has 2 nitrogen and oxygen atoms in total. The standard InChI is InChI=1S/C19H36BNO/c1-13(2)10-15-11-19(22)21(14(3)4)18-9-7-5-6-8-16(20)12-17(15)18/h13-18H,5-12,20H2,1-4H3. The van der Waals surface area contributed by atoms with Gasteiger partial charge in [-0.15, -0.1) is 0 Å². The number of rotatable bonds is 3. The smallest absolute Gasteiger partial charge is 0.223 e. The number of carbonyl (C=O) groups is 1. The van der Waals surface area contributed by atoms with Crippen molar-refractivity contribution in [2.24, 2.45) is 17.8 Å². The highest BCUT2D eigenvalue weighted by Crippen LogP contribution is 2.43. The summed E-state index contributed by atoms with van der Waals surface area (Å²) < 4.78 is 0. The molecule has 1 amide bonds. The lowest BCUT2D eigenvalue weighted by Gasteiger charge is -2.48. The molecule has 1 saturated heterocycles. The van der Waals surface area contributed by atoms with E-state index in [1.165, 1.54) is 44.9 Å². The third-order valence-electron chi connectivity index (χ3n) is 5.88. The van der Waals surface area contributed by atoms with Crippen molar-refractivity contribution in [3.8, 4) is 0 Å². The lowest BCUT2D eigenvalue weighted by Crippen LogP contribution is -2.55. The average Bonchev–Trinajstić information content (AvgIpc) is 2.48. The first-order valence-corrected chi connectivity index (χ1v) is 9.71. The van der Waals surface area contributed by atoms with Gasteiger partial charge in [0, 0.05) is 18.5 Å². The van der Waals surface area contributed by atoms with Gasteiger partial charge < -0.3 is 4.90 Å². The van der Waals surface area contributed by atoms with E-state index in [1.807, 2.05) is 0 Å². The zero-order valence-corrected chi connectivity index (χ0v) is 15.5. The lowest BCUT2D eigenvalue weighted by atomic mass is 9.67. The zero-order valence-electron chi connectivity index (χ0n) is 15.5. The summed E-state index contributed by atoms with van der Waals surface area (Å²) in [7, 11) is 2.44. The van der Waals surface area contributed by atoms with E-state index >= 15 is 0 Å². The maximum Gasteiger partial charge on any atom is 0.223 e. The van der Waals surface area contributed by atoms with Crippen LogP contribution < -0.4 is 0 Å². The van der Waals surface area contributed by atoms with Crippen LogP contribution in [0.2, 0.25) is 5.82 Å². The van der Waals surface area contributed by atoms with Crippen molar-refractivity contribution in [2.45, 2.75) is 97.0 Å². The third kappa shape index (κ3) is 4.29. The van der Waals surface area contributed by atoms with E-state index in [-0.39, 0.29) is 0 Å². The van der Waals surface area contributed by atoms with Crippen LogP contribution in [0.5, 0.6) is 0 Å². The number of carbonyl (C=O) groups excluding carboxylic acids is 1. The van der Waals surface area contributed by atoms with Crippen molar-refractivity contribution < 1.29 is 4.79 Å². The van der Waals surface area contributed by atoms with Gasteiger partial charge in [-0.3, -0.25) is 4.79 Å². The quantitative estimate of drug-likeness (QED) is 0.720. The minimum absolute atomic E-state index is 0.357. The predicted octanol–water partition coefficient (Wildman–Crippen LogP) is 4.05. The second-order valence-corrected chi connectivity index (χ2v) is 8.70. The third-order valence-corrected chi connectivity index (χ3v) is 5.88. The summed E-state index contributed by atoms with van der Waals surface area (Å²) in [5.74, 6) is 3.30. The van der Waals surface area contributed by atoms with E-state index in [9.17, 15) is 4.79 Å². The molecule has 1 heterocycles. The zero-order chi connectivity index (χ0) is 16.3. The first-order valence-electron chi connectivity index (χ1n) is 9.71. The molecule has 3 heteroatoms. The maximum absolute atomic E-state index is 12.8. The Balaban J connectivity index is 2.26. The van der Waals surface area contributed by atoms with Crippen LogP contribution in [0.25, 0.3) is 0 Å². The van der Waals surface area contributed by atoms with Gasteiger partial charge in [0.1, 0.15) is 7.85 Å². The molecule has 2 fully saturated rings. The van der Waals surface area contributed by atoms with Gasteiger partial charge in [-0.1, -0.05) is 51.8 Å². The Hall–Kier alpha value is -0.465. The summed E-state index contributed by atoms with van der Waals surface area (Å²) in [5.41, 5.74) is 0. The highest BCUT2D eigenvalue weighted by Gasteiger charge is 2.43. The Bertz CT molecular complexity index is 368. The second-order valence-electron chi connectivity index (χ2n) is 8.70. The van der Waals surface area contributed by atoms with Crippen LogP contribution in [0, 0.1) is 17.8 Å². The van der Waals surface area contributed by atoms with Crippen LogP contribution >= 0.6 is 0 Å². The molecule has 2 rings (SSSR count). The molecule has 2 aliphatic rings. The second kappa shape index (κ2) is 7.88. The molecular weight excluding hydrogens is 269 g/mol. The van der Waals surface area contributed by atoms with E-state index in [2.05, 4.69) is 40.4 Å². The lowest BCUT2D eigenvalue weighted by molar-refractivity contribution is -0.145. The number of piperidine rings is 1. The summed E-state index contributed by atoms with van der Waals surface area (Å²) in [6, 6.07) is 0.863. The molecule has 4 atom stereocenters. The molecule has 0 radical (unpaired) electrons. The van der Waals surface area contributed by atoms with Crippen molar-refractivity contribution in [3.05, 3.63) is 0 Å². The molecule has 0 spiro atoms. The Labute approximate surface area is 138 Å². The Morgan fingerprint density at radius 2 is 1.82 bits per heavy atom. The minimum atomic E-state index is 0.357. The monoisotopic (exact) mass is 305 g/mol. The van der Waals surface area contributed by atoms with Crippen molar-refractivity contribution >= 4 is 13.8 Å². The van der Waals surface area contributed by atoms with Crippen molar-refractivity contribution in [1.29, 1.82) is 0 Å². The van der Waals surface area contributed by atoms with Gasteiger partial charge in [-0.05, 0) is 44.4 Å². The van der Waals surface area contributed by atoms with Crippen molar-refractivity contribution in [1.82, 2.24) is 4.90 Å². The number of amides is 1. The Kier molecular flexibility index (Phi) is 6.41. The van der Waals surface area contributed by atoms with Gasteiger partial charge >= 0.3 is 0 Å². The fraction of sp³-hybridized carbons (Fsp3) is 0.947. The van der Waals surface area contributed by atoms with E-state index < -0.39 is 0 Å². The first-order chi connectivity index (χ1) is 10.4. The predicted molar refractivity (Wildman–Crippen MR) is 96.8 cm³/mol. The van der Waals surface area contributed by atoms with Crippen LogP contribution in [-0.2, 0) is 4.79 Å². The molecule has 126 valence electrons. The van der Waals surface area contributed by atoms with Crippen molar-refractivity contribution in [2.75, 3.05) is 0 Å². The molecule has 1 saturated carbocycles. The number of likely N-dealkylation sites (tertiary alicyclic amines) is 1. The molecule has 0 bridgehead atoms. The van der Waals surface area contributed by atoms with E-state index in [1.54, 1.807) is 0 Å². The number of hydrogen-bond donors (Lipinski definition) is 0. The highest BCUT2D eigenvalue weighted by atomic mass is 16.2. The van der Waals surface area contributed by atoms with Crippen LogP contribution in [-0.4, -0.2) is 30.7 Å². The molecule has 0 aromatic carbocycles. The van der Waals surface area contributed by atoms with Gasteiger partial charge in [0.2, 0.25) is 5.91 Å². The van der Waals surface area contributed by atoms with Gasteiger partial charge in [-0.2, -0.15) is 0 Å².